The van der Waals surface area contributed by atoms with E-state index < -0.39 is 0 Å². The zero-order chi connectivity index (χ0) is 16.5. The lowest BCUT2D eigenvalue weighted by molar-refractivity contribution is -0.135. The molecular weight excluding hydrogens is 298 g/mol. The Labute approximate surface area is 144 Å². The minimum atomic E-state index is 0.0834. The Morgan fingerprint density at radius 3 is 2.67 bits per heavy atom. The molecule has 130 valence electrons. The van der Waals surface area contributed by atoms with Gasteiger partial charge in [-0.25, -0.2) is 0 Å². The van der Waals surface area contributed by atoms with Crippen LogP contribution in [0.2, 0.25) is 0 Å². The van der Waals surface area contributed by atoms with Gasteiger partial charge in [0.2, 0.25) is 5.91 Å². The average molecular weight is 327 g/mol. The summed E-state index contributed by atoms with van der Waals surface area (Å²) in [5.74, 6) is 1.12. The molecule has 5 saturated carbocycles. The van der Waals surface area contributed by atoms with Gasteiger partial charge in [-0.1, -0.05) is 13.8 Å². The van der Waals surface area contributed by atoms with Crippen LogP contribution in [0.15, 0.2) is 12.3 Å². The summed E-state index contributed by atoms with van der Waals surface area (Å²) < 4.78 is 2.28. The van der Waals surface area contributed by atoms with Gasteiger partial charge in [0, 0.05) is 23.3 Å². The van der Waals surface area contributed by atoms with Crippen LogP contribution in [0, 0.1) is 17.3 Å². The van der Waals surface area contributed by atoms with Crippen LogP contribution in [0.25, 0.3) is 0 Å². The molecule has 3 atom stereocenters. The quantitative estimate of drug-likeness (QED) is 0.919. The highest BCUT2D eigenvalue weighted by atomic mass is 16.2. The number of carbonyl (C=O) groups is 1. The molecule has 6 rings (SSSR count). The Bertz CT molecular complexity index is 662. The Hall–Kier alpha value is -1.32. The molecule has 2 bridgehead atoms. The molecule has 1 N–H and O–H groups in total. The second kappa shape index (κ2) is 4.86. The minimum Gasteiger partial charge on any atom is -0.353 e. The smallest absolute Gasteiger partial charge is 0.224 e. The molecule has 4 nitrogen and oxygen atoms in total. The Kier molecular flexibility index (Phi) is 3.03. The van der Waals surface area contributed by atoms with Crippen molar-refractivity contribution in [3.05, 3.63) is 18.0 Å². The van der Waals surface area contributed by atoms with E-state index in [1.165, 1.54) is 44.2 Å². The van der Waals surface area contributed by atoms with Gasteiger partial charge >= 0.3 is 0 Å². The summed E-state index contributed by atoms with van der Waals surface area (Å²) in [5.41, 5.74) is 1.85. The highest BCUT2D eigenvalue weighted by molar-refractivity contribution is 5.83. The normalized spacial score (nSPS) is 37.4. The summed E-state index contributed by atoms with van der Waals surface area (Å²) in [6.07, 6.45) is 11.6. The maximum absolute atomic E-state index is 13.0. The first-order chi connectivity index (χ1) is 11.5. The molecule has 0 saturated heterocycles. The van der Waals surface area contributed by atoms with Gasteiger partial charge in [-0.3, -0.25) is 9.48 Å². The van der Waals surface area contributed by atoms with E-state index in [1.807, 2.05) is 6.20 Å². The third-order valence-corrected chi connectivity index (χ3v) is 7.48. The van der Waals surface area contributed by atoms with Crippen LogP contribution < -0.4 is 5.32 Å². The molecule has 0 spiro atoms. The molecule has 1 aromatic rings. The molecule has 4 heteroatoms. The van der Waals surface area contributed by atoms with E-state index in [4.69, 9.17) is 0 Å². The zero-order valence-corrected chi connectivity index (χ0v) is 14.9. The van der Waals surface area contributed by atoms with Crippen molar-refractivity contribution in [2.45, 2.75) is 82.7 Å². The van der Waals surface area contributed by atoms with Gasteiger partial charge in [-0.2, -0.15) is 5.10 Å². The summed E-state index contributed by atoms with van der Waals surface area (Å²) in [4.78, 5) is 13.0. The van der Waals surface area contributed by atoms with E-state index in [0.29, 0.717) is 29.3 Å². The first-order valence-electron chi connectivity index (χ1n) is 9.83. The van der Waals surface area contributed by atoms with Crippen molar-refractivity contribution in [1.29, 1.82) is 0 Å². The molecule has 1 aromatic heterocycles. The molecule has 3 unspecified atom stereocenters. The van der Waals surface area contributed by atoms with Crippen LogP contribution in [-0.2, 0) is 10.2 Å². The predicted molar refractivity (Wildman–Crippen MR) is 92.6 cm³/mol. The van der Waals surface area contributed by atoms with Crippen molar-refractivity contribution in [3.63, 3.8) is 0 Å². The van der Waals surface area contributed by atoms with Crippen LogP contribution >= 0.6 is 0 Å². The third kappa shape index (κ3) is 1.98. The number of amides is 1. The number of rotatable bonds is 4. The van der Waals surface area contributed by atoms with Gasteiger partial charge in [-0.05, 0) is 68.8 Å². The van der Waals surface area contributed by atoms with Gasteiger partial charge in [-0.15, -0.1) is 0 Å². The number of carbonyl (C=O) groups excluding carboxylic acids is 1. The van der Waals surface area contributed by atoms with E-state index in [2.05, 4.69) is 35.0 Å². The van der Waals surface area contributed by atoms with Gasteiger partial charge in [0.05, 0.1) is 12.0 Å². The van der Waals surface area contributed by atoms with Crippen LogP contribution in [0.5, 0.6) is 0 Å². The lowest BCUT2D eigenvalue weighted by Crippen LogP contribution is -2.57. The summed E-state index contributed by atoms with van der Waals surface area (Å²) in [5, 5.41) is 8.01. The van der Waals surface area contributed by atoms with E-state index in [9.17, 15) is 4.79 Å². The van der Waals surface area contributed by atoms with Gasteiger partial charge < -0.3 is 5.32 Å². The number of fused-ring (bicyclic) bond motifs is 1. The molecule has 24 heavy (non-hydrogen) atoms. The highest BCUT2D eigenvalue weighted by Gasteiger charge is 2.64. The van der Waals surface area contributed by atoms with Crippen molar-refractivity contribution in [2.24, 2.45) is 17.3 Å². The van der Waals surface area contributed by atoms with Crippen molar-refractivity contribution in [1.82, 2.24) is 15.1 Å². The fourth-order valence-corrected chi connectivity index (χ4v) is 6.13. The lowest BCUT2D eigenvalue weighted by Gasteiger charge is -2.49. The lowest BCUT2D eigenvalue weighted by atomic mass is 9.57. The van der Waals surface area contributed by atoms with Crippen molar-refractivity contribution < 1.29 is 4.79 Å². The Morgan fingerprint density at radius 1 is 1.25 bits per heavy atom. The van der Waals surface area contributed by atoms with Crippen molar-refractivity contribution in [2.75, 3.05) is 0 Å². The number of aromatic nitrogens is 2. The van der Waals surface area contributed by atoms with E-state index in [-0.39, 0.29) is 11.3 Å². The van der Waals surface area contributed by atoms with Crippen LogP contribution in [-0.4, -0.2) is 21.7 Å². The van der Waals surface area contributed by atoms with Gasteiger partial charge in [0.25, 0.3) is 0 Å². The SMILES string of the molecule is CC1(C)CC(NC(=O)C2C3CCC2(c2ccnn2C2CCC2)C3)C1. The molecule has 0 aromatic carbocycles. The largest absolute Gasteiger partial charge is 0.353 e. The van der Waals surface area contributed by atoms with Crippen LogP contribution in [0.1, 0.15) is 76.9 Å². The maximum Gasteiger partial charge on any atom is 0.224 e. The highest BCUT2D eigenvalue weighted by Crippen LogP contribution is 2.64. The van der Waals surface area contributed by atoms with E-state index in [0.717, 1.165) is 12.8 Å². The Morgan fingerprint density at radius 2 is 2.04 bits per heavy atom. The van der Waals surface area contributed by atoms with Gasteiger partial charge in [0.15, 0.2) is 0 Å². The zero-order valence-electron chi connectivity index (χ0n) is 14.9. The molecule has 5 fully saturated rings. The molecule has 0 aliphatic heterocycles. The van der Waals surface area contributed by atoms with Crippen molar-refractivity contribution in [3.8, 4) is 0 Å². The molecule has 1 heterocycles. The topological polar surface area (TPSA) is 46.9 Å². The monoisotopic (exact) mass is 327 g/mol. The summed E-state index contributed by atoms with van der Waals surface area (Å²) >= 11 is 0. The summed E-state index contributed by atoms with van der Waals surface area (Å²) in [7, 11) is 0. The third-order valence-electron chi connectivity index (χ3n) is 7.48. The molecule has 5 aliphatic carbocycles. The maximum atomic E-state index is 13.0. The minimum absolute atomic E-state index is 0.0834. The predicted octanol–water partition coefficient (Wildman–Crippen LogP) is 3.58. The second-order valence-electron chi connectivity index (χ2n) is 9.66. The first kappa shape index (κ1) is 15.0. The van der Waals surface area contributed by atoms with Crippen molar-refractivity contribution >= 4 is 5.91 Å². The molecular formula is C20H29N3O. The fraction of sp³-hybridized carbons (Fsp3) is 0.800. The number of hydrogen-bond acceptors (Lipinski definition) is 2. The first-order valence-corrected chi connectivity index (χ1v) is 9.83. The standard InChI is InChI=1S/C20H29N3O/c1-19(2)11-14(12-19)22-18(24)17-13-6-8-20(17,10-13)16-7-9-21-23(16)15-4-3-5-15/h7,9,13-15,17H,3-6,8,10-12H2,1-2H3,(H,22,24). The molecule has 5 aliphatic rings. The van der Waals surface area contributed by atoms with E-state index in [1.54, 1.807) is 0 Å². The summed E-state index contributed by atoms with van der Waals surface area (Å²) in [6.45, 7) is 4.59. The summed E-state index contributed by atoms with van der Waals surface area (Å²) in [6, 6.07) is 3.19. The number of nitrogens with one attached hydrogen (secondary N) is 1. The van der Waals surface area contributed by atoms with Gasteiger partial charge in [0.1, 0.15) is 0 Å². The molecule has 0 radical (unpaired) electrons. The number of nitrogens with zero attached hydrogens (tertiary/aromatic N) is 2. The number of hydrogen-bond donors (Lipinski definition) is 1. The average Bonchev–Trinajstić information content (AvgIpc) is 3.06. The molecule has 1 amide bonds. The van der Waals surface area contributed by atoms with E-state index >= 15 is 0 Å². The second-order valence-corrected chi connectivity index (χ2v) is 9.66. The van der Waals surface area contributed by atoms with Crippen LogP contribution in [0.3, 0.4) is 0 Å². The Balaban J connectivity index is 1.36. The fourth-order valence-electron chi connectivity index (χ4n) is 6.13. The van der Waals surface area contributed by atoms with Crippen LogP contribution in [0.4, 0.5) is 0 Å².